The molecule has 0 saturated heterocycles. The first-order chi connectivity index (χ1) is 10.1. The Morgan fingerprint density at radius 1 is 0.952 bits per heavy atom. The van der Waals surface area contributed by atoms with Gasteiger partial charge in [-0.05, 0) is 35.7 Å². The summed E-state index contributed by atoms with van der Waals surface area (Å²) in [5.41, 5.74) is 2.67. The summed E-state index contributed by atoms with van der Waals surface area (Å²) < 4.78 is 11.1. The lowest BCUT2D eigenvalue weighted by atomic mass is 9.99. The van der Waals surface area contributed by atoms with E-state index in [-0.39, 0.29) is 0 Å². The van der Waals surface area contributed by atoms with Crippen LogP contribution < -0.4 is 9.47 Å². The van der Waals surface area contributed by atoms with Crippen molar-refractivity contribution in [3.05, 3.63) is 57.1 Å². The molecule has 0 spiro atoms. The van der Waals surface area contributed by atoms with Crippen LogP contribution in [0.2, 0.25) is 10.0 Å². The summed E-state index contributed by atoms with van der Waals surface area (Å²) in [5, 5.41) is 0.845. The van der Waals surface area contributed by atoms with Crippen LogP contribution >= 0.6 is 34.8 Å². The molecule has 1 unspecified atom stereocenters. The SMILES string of the molecule is Cc1c(Cl)cccc1C(Cl)c1cc2c(cc1Cl)OCCO2. The molecular formula is C16H13Cl3O2. The minimum absolute atomic E-state index is 0.396. The third-order valence-corrected chi connectivity index (χ3v) is 4.72. The van der Waals surface area contributed by atoms with Crippen LogP contribution in [0, 0.1) is 6.92 Å². The Morgan fingerprint density at radius 2 is 1.62 bits per heavy atom. The lowest BCUT2D eigenvalue weighted by Crippen LogP contribution is -2.15. The summed E-state index contributed by atoms with van der Waals surface area (Å²) in [6, 6.07) is 9.27. The fraction of sp³-hybridized carbons (Fsp3) is 0.250. The molecule has 0 fully saturated rings. The molecule has 110 valence electrons. The van der Waals surface area contributed by atoms with E-state index in [4.69, 9.17) is 44.3 Å². The van der Waals surface area contributed by atoms with E-state index in [0.29, 0.717) is 34.8 Å². The molecule has 0 amide bonds. The molecule has 0 radical (unpaired) electrons. The average Bonchev–Trinajstić information content (AvgIpc) is 2.48. The molecule has 21 heavy (non-hydrogen) atoms. The minimum Gasteiger partial charge on any atom is -0.486 e. The predicted octanol–water partition coefficient (Wildman–Crippen LogP) is 5.40. The molecule has 0 saturated carbocycles. The molecule has 5 heteroatoms. The first-order valence-corrected chi connectivity index (χ1v) is 7.75. The number of fused-ring (bicyclic) bond motifs is 1. The fourth-order valence-electron chi connectivity index (χ4n) is 2.34. The highest BCUT2D eigenvalue weighted by molar-refractivity contribution is 6.34. The summed E-state index contributed by atoms with van der Waals surface area (Å²) in [4.78, 5) is 0. The Morgan fingerprint density at radius 3 is 2.33 bits per heavy atom. The molecule has 0 aromatic heterocycles. The van der Waals surface area contributed by atoms with E-state index in [2.05, 4.69) is 0 Å². The van der Waals surface area contributed by atoms with Gasteiger partial charge in [-0.2, -0.15) is 0 Å². The van der Waals surface area contributed by atoms with Gasteiger partial charge in [-0.1, -0.05) is 35.3 Å². The minimum atomic E-state index is -0.396. The van der Waals surface area contributed by atoms with Gasteiger partial charge in [-0.25, -0.2) is 0 Å². The predicted molar refractivity (Wildman–Crippen MR) is 86.3 cm³/mol. The molecule has 1 atom stereocenters. The van der Waals surface area contributed by atoms with Crippen LogP contribution in [0.5, 0.6) is 11.5 Å². The third-order valence-electron chi connectivity index (χ3n) is 3.52. The lowest BCUT2D eigenvalue weighted by Gasteiger charge is -2.22. The number of ether oxygens (including phenoxy) is 2. The van der Waals surface area contributed by atoms with Gasteiger partial charge in [-0.15, -0.1) is 11.6 Å². The molecule has 2 aromatic rings. The number of alkyl halides is 1. The van der Waals surface area contributed by atoms with Gasteiger partial charge in [0.05, 0.1) is 5.38 Å². The van der Waals surface area contributed by atoms with E-state index < -0.39 is 5.38 Å². The van der Waals surface area contributed by atoms with Crippen molar-refractivity contribution >= 4 is 34.8 Å². The van der Waals surface area contributed by atoms with E-state index >= 15 is 0 Å². The van der Waals surface area contributed by atoms with E-state index in [1.165, 1.54) is 0 Å². The smallest absolute Gasteiger partial charge is 0.162 e. The Bertz CT molecular complexity index is 685. The summed E-state index contributed by atoms with van der Waals surface area (Å²) >= 11 is 19.1. The summed E-state index contributed by atoms with van der Waals surface area (Å²) in [7, 11) is 0. The van der Waals surface area contributed by atoms with E-state index in [9.17, 15) is 0 Å². The van der Waals surface area contributed by atoms with Crippen LogP contribution in [0.15, 0.2) is 30.3 Å². The van der Waals surface area contributed by atoms with Crippen molar-refractivity contribution in [2.45, 2.75) is 12.3 Å². The molecule has 1 heterocycles. The van der Waals surface area contributed by atoms with Gasteiger partial charge in [0.1, 0.15) is 13.2 Å². The third kappa shape index (κ3) is 2.80. The zero-order valence-electron chi connectivity index (χ0n) is 11.3. The second kappa shape index (κ2) is 5.96. The topological polar surface area (TPSA) is 18.5 Å². The van der Waals surface area contributed by atoms with Crippen LogP contribution in [0.3, 0.4) is 0 Å². The quantitative estimate of drug-likeness (QED) is 0.680. The van der Waals surface area contributed by atoms with Crippen LogP contribution in [0.1, 0.15) is 22.1 Å². The van der Waals surface area contributed by atoms with Gasteiger partial charge in [0.2, 0.25) is 0 Å². The highest BCUT2D eigenvalue weighted by atomic mass is 35.5. The van der Waals surface area contributed by atoms with Gasteiger partial charge in [0.15, 0.2) is 11.5 Å². The standard InChI is InChI=1S/C16H13Cl3O2/c1-9-10(3-2-4-12(9)17)16(19)11-7-14-15(8-13(11)18)21-6-5-20-14/h2-4,7-8,16H,5-6H2,1H3. The summed E-state index contributed by atoms with van der Waals surface area (Å²) in [6.45, 7) is 3.00. The number of halogens is 3. The van der Waals surface area contributed by atoms with Crippen LogP contribution in [0.4, 0.5) is 0 Å². The van der Waals surface area contributed by atoms with Crippen molar-refractivity contribution in [3.8, 4) is 11.5 Å². The maximum atomic E-state index is 6.62. The molecule has 2 nitrogen and oxygen atoms in total. The number of rotatable bonds is 2. The molecule has 0 bridgehead atoms. The second-order valence-electron chi connectivity index (χ2n) is 4.83. The Labute approximate surface area is 138 Å². The molecule has 1 aliphatic heterocycles. The lowest BCUT2D eigenvalue weighted by molar-refractivity contribution is 0.171. The van der Waals surface area contributed by atoms with Crippen LogP contribution in [0.25, 0.3) is 0 Å². The monoisotopic (exact) mass is 342 g/mol. The van der Waals surface area contributed by atoms with Crippen molar-refractivity contribution in [1.82, 2.24) is 0 Å². The van der Waals surface area contributed by atoms with E-state index in [0.717, 1.165) is 16.7 Å². The normalized spacial score (nSPS) is 14.9. The summed E-state index contributed by atoms with van der Waals surface area (Å²) in [5.74, 6) is 1.33. The molecule has 0 aliphatic carbocycles. The maximum Gasteiger partial charge on any atom is 0.162 e. The molecular weight excluding hydrogens is 331 g/mol. The van der Waals surface area contributed by atoms with Gasteiger partial charge >= 0.3 is 0 Å². The Balaban J connectivity index is 2.05. The first kappa shape index (κ1) is 14.8. The number of hydrogen-bond donors (Lipinski definition) is 0. The largest absolute Gasteiger partial charge is 0.486 e. The highest BCUT2D eigenvalue weighted by Crippen LogP contribution is 2.42. The second-order valence-corrected chi connectivity index (χ2v) is 6.08. The molecule has 0 N–H and O–H groups in total. The van der Waals surface area contributed by atoms with Crippen molar-refractivity contribution < 1.29 is 9.47 Å². The molecule has 2 aromatic carbocycles. The maximum absolute atomic E-state index is 6.62. The zero-order valence-corrected chi connectivity index (χ0v) is 13.6. The number of hydrogen-bond acceptors (Lipinski definition) is 2. The zero-order chi connectivity index (χ0) is 15.0. The highest BCUT2D eigenvalue weighted by Gasteiger charge is 2.22. The molecule has 3 rings (SSSR count). The van der Waals surface area contributed by atoms with Crippen molar-refractivity contribution in [1.29, 1.82) is 0 Å². The van der Waals surface area contributed by atoms with Gasteiger partial charge in [-0.3, -0.25) is 0 Å². The van der Waals surface area contributed by atoms with Crippen molar-refractivity contribution in [2.24, 2.45) is 0 Å². The van der Waals surface area contributed by atoms with Crippen molar-refractivity contribution in [2.75, 3.05) is 13.2 Å². The average molecular weight is 344 g/mol. The molecule has 1 aliphatic rings. The van der Waals surface area contributed by atoms with E-state index in [1.54, 1.807) is 6.07 Å². The van der Waals surface area contributed by atoms with Crippen LogP contribution in [-0.2, 0) is 0 Å². The van der Waals surface area contributed by atoms with Crippen LogP contribution in [-0.4, -0.2) is 13.2 Å². The number of benzene rings is 2. The Kier molecular flexibility index (Phi) is 4.21. The van der Waals surface area contributed by atoms with Gasteiger partial charge in [0.25, 0.3) is 0 Å². The first-order valence-electron chi connectivity index (χ1n) is 6.56. The van der Waals surface area contributed by atoms with Gasteiger partial charge in [0, 0.05) is 16.1 Å². The van der Waals surface area contributed by atoms with Crippen molar-refractivity contribution in [3.63, 3.8) is 0 Å². The summed E-state index contributed by atoms with van der Waals surface area (Å²) in [6.07, 6.45) is 0. The fourth-order valence-corrected chi connectivity index (χ4v) is 3.26. The Hall–Kier alpha value is -1.09. The van der Waals surface area contributed by atoms with E-state index in [1.807, 2.05) is 31.2 Å². The van der Waals surface area contributed by atoms with Gasteiger partial charge < -0.3 is 9.47 Å².